The maximum Gasteiger partial charge on any atom is 0.0522 e. The minimum Gasteiger partial charge on any atom is -0.276 e. The molecule has 1 atom stereocenters. The van der Waals surface area contributed by atoms with Crippen molar-refractivity contribution in [2.75, 3.05) is 0 Å². The minimum absolute atomic E-state index is 0.125. The second-order valence-corrected chi connectivity index (χ2v) is 4.30. The van der Waals surface area contributed by atoms with Crippen molar-refractivity contribution in [3.8, 4) is 0 Å². The Morgan fingerprint density at radius 1 is 1.41 bits per heavy atom. The monoisotopic (exact) mass is 230 g/mol. The third kappa shape index (κ3) is 2.72. The van der Waals surface area contributed by atoms with Crippen molar-refractivity contribution in [2.45, 2.75) is 19.4 Å². The molecule has 0 saturated carbocycles. The van der Waals surface area contributed by atoms with Gasteiger partial charge in [-0.3, -0.25) is 16.0 Å². The zero-order valence-electron chi connectivity index (χ0n) is 10.2. The molecule has 0 aliphatic rings. The van der Waals surface area contributed by atoms with Crippen LogP contribution in [0.3, 0.4) is 0 Å². The summed E-state index contributed by atoms with van der Waals surface area (Å²) in [6.07, 6.45) is 4.74. The molecule has 0 bridgehead atoms. The van der Waals surface area contributed by atoms with Crippen LogP contribution in [0.25, 0.3) is 0 Å². The predicted octanol–water partition coefficient (Wildman–Crippen LogP) is 1.48. The Labute approximate surface area is 101 Å². The largest absolute Gasteiger partial charge is 0.276 e. The lowest BCUT2D eigenvalue weighted by Gasteiger charge is -2.17. The van der Waals surface area contributed by atoms with Crippen LogP contribution in [0.5, 0.6) is 0 Å². The van der Waals surface area contributed by atoms with Crippen molar-refractivity contribution in [1.82, 2.24) is 15.2 Å². The van der Waals surface area contributed by atoms with Crippen LogP contribution in [0.4, 0.5) is 0 Å². The van der Waals surface area contributed by atoms with Gasteiger partial charge < -0.3 is 0 Å². The van der Waals surface area contributed by atoms with Gasteiger partial charge in [-0.15, -0.1) is 0 Å². The summed E-state index contributed by atoms with van der Waals surface area (Å²) >= 11 is 0. The van der Waals surface area contributed by atoms with E-state index in [2.05, 4.69) is 29.6 Å². The molecule has 2 rings (SSSR count). The molecule has 1 heterocycles. The Kier molecular flexibility index (Phi) is 3.56. The minimum atomic E-state index is 0.125. The topological polar surface area (TPSA) is 55.9 Å². The molecule has 4 heteroatoms. The quantitative estimate of drug-likeness (QED) is 0.618. The van der Waals surface area contributed by atoms with Crippen molar-refractivity contribution in [3.05, 3.63) is 53.3 Å². The first-order valence-corrected chi connectivity index (χ1v) is 5.70. The first-order valence-electron chi connectivity index (χ1n) is 5.70. The van der Waals surface area contributed by atoms with Gasteiger partial charge in [0.05, 0.1) is 12.2 Å². The van der Waals surface area contributed by atoms with Gasteiger partial charge in [-0.1, -0.05) is 24.3 Å². The standard InChI is InChI=1S/C13H18N4/c1-10-5-3-4-6-12(10)13(16-14)7-11-8-15-17(2)9-11/h3-6,8-9,13,16H,7,14H2,1-2H3. The van der Waals surface area contributed by atoms with Crippen LogP contribution in [-0.4, -0.2) is 9.78 Å². The number of hydrogen-bond acceptors (Lipinski definition) is 3. The average Bonchev–Trinajstić information content (AvgIpc) is 2.73. The van der Waals surface area contributed by atoms with Crippen LogP contribution in [0, 0.1) is 6.92 Å². The number of hydrazine groups is 1. The Morgan fingerprint density at radius 3 is 2.76 bits per heavy atom. The first-order chi connectivity index (χ1) is 8.20. The summed E-state index contributed by atoms with van der Waals surface area (Å²) in [6, 6.07) is 8.41. The highest BCUT2D eigenvalue weighted by Crippen LogP contribution is 2.20. The summed E-state index contributed by atoms with van der Waals surface area (Å²) in [5.41, 5.74) is 6.54. The van der Waals surface area contributed by atoms with Gasteiger partial charge >= 0.3 is 0 Å². The van der Waals surface area contributed by atoms with Crippen molar-refractivity contribution in [1.29, 1.82) is 0 Å². The van der Waals surface area contributed by atoms with Crippen molar-refractivity contribution in [2.24, 2.45) is 12.9 Å². The smallest absolute Gasteiger partial charge is 0.0522 e. The van der Waals surface area contributed by atoms with Gasteiger partial charge in [-0.05, 0) is 30.0 Å². The van der Waals surface area contributed by atoms with E-state index < -0.39 is 0 Å². The van der Waals surface area contributed by atoms with E-state index in [0.29, 0.717) is 0 Å². The second-order valence-electron chi connectivity index (χ2n) is 4.30. The van der Waals surface area contributed by atoms with Gasteiger partial charge in [0, 0.05) is 13.2 Å². The fourth-order valence-corrected chi connectivity index (χ4v) is 2.05. The molecule has 0 saturated heterocycles. The highest BCUT2D eigenvalue weighted by atomic mass is 15.2. The number of rotatable bonds is 4. The zero-order chi connectivity index (χ0) is 12.3. The van der Waals surface area contributed by atoms with Crippen LogP contribution in [0.2, 0.25) is 0 Å². The average molecular weight is 230 g/mol. The van der Waals surface area contributed by atoms with Gasteiger partial charge in [-0.2, -0.15) is 5.10 Å². The summed E-state index contributed by atoms with van der Waals surface area (Å²) in [4.78, 5) is 0. The van der Waals surface area contributed by atoms with E-state index in [1.807, 2.05) is 31.6 Å². The molecule has 0 aliphatic heterocycles. The number of aryl methyl sites for hydroxylation is 2. The van der Waals surface area contributed by atoms with Crippen LogP contribution < -0.4 is 11.3 Å². The van der Waals surface area contributed by atoms with Crippen molar-refractivity contribution < 1.29 is 0 Å². The van der Waals surface area contributed by atoms with Gasteiger partial charge in [0.25, 0.3) is 0 Å². The zero-order valence-corrected chi connectivity index (χ0v) is 10.2. The van der Waals surface area contributed by atoms with Crippen LogP contribution >= 0.6 is 0 Å². The molecule has 4 nitrogen and oxygen atoms in total. The van der Waals surface area contributed by atoms with E-state index >= 15 is 0 Å². The lowest BCUT2D eigenvalue weighted by atomic mass is 9.97. The first kappa shape index (κ1) is 11.8. The third-order valence-corrected chi connectivity index (χ3v) is 2.96. The molecule has 0 radical (unpaired) electrons. The fraction of sp³-hybridized carbons (Fsp3) is 0.308. The maximum atomic E-state index is 5.65. The van der Waals surface area contributed by atoms with Gasteiger partial charge in [0.2, 0.25) is 0 Å². The van der Waals surface area contributed by atoms with Crippen LogP contribution in [0.15, 0.2) is 36.7 Å². The predicted molar refractivity (Wildman–Crippen MR) is 68.2 cm³/mol. The molecular formula is C13H18N4. The molecule has 0 amide bonds. The molecule has 2 aromatic rings. The SMILES string of the molecule is Cc1ccccc1C(Cc1cnn(C)c1)NN. The van der Waals surface area contributed by atoms with E-state index in [1.165, 1.54) is 16.7 Å². The van der Waals surface area contributed by atoms with Crippen molar-refractivity contribution in [3.63, 3.8) is 0 Å². The van der Waals surface area contributed by atoms with E-state index in [0.717, 1.165) is 6.42 Å². The lowest BCUT2D eigenvalue weighted by molar-refractivity contribution is 0.549. The molecule has 0 fully saturated rings. The van der Waals surface area contributed by atoms with E-state index in [-0.39, 0.29) is 6.04 Å². The number of hydrogen-bond donors (Lipinski definition) is 2. The third-order valence-electron chi connectivity index (χ3n) is 2.96. The molecule has 90 valence electrons. The highest BCUT2D eigenvalue weighted by molar-refractivity contribution is 5.29. The fourth-order valence-electron chi connectivity index (χ4n) is 2.05. The van der Waals surface area contributed by atoms with Crippen molar-refractivity contribution >= 4 is 0 Å². The summed E-state index contributed by atoms with van der Waals surface area (Å²) in [5, 5.41) is 4.17. The van der Waals surface area contributed by atoms with Gasteiger partial charge in [-0.25, -0.2) is 0 Å². The maximum absolute atomic E-state index is 5.65. The van der Waals surface area contributed by atoms with Crippen LogP contribution in [0.1, 0.15) is 22.7 Å². The molecule has 0 aliphatic carbocycles. The number of nitrogens with one attached hydrogen (secondary N) is 1. The number of aromatic nitrogens is 2. The molecule has 0 spiro atoms. The van der Waals surface area contributed by atoms with E-state index in [4.69, 9.17) is 5.84 Å². The Bertz CT molecular complexity index is 490. The Hall–Kier alpha value is -1.65. The molecule has 1 aromatic carbocycles. The molecular weight excluding hydrogens is 212 g/mol. The number of nitrogens with two attached hydrogens (primary N) is 1. The number of nitrogens with zero attached hydrogens (tertiary/aromatic N) is 2. The molecule has 1 unspecified atom stereocenters. The normalized spacial score (nSPS) is 12.6. The van der Waals surface area contributed by atoms with E-state index in [1.54, 1.807) is 4.68 Å². The molecule has 3 N–H and O–H groups in total. The summed E-state index contributed by atoms with van der Waals surface area (Å²) in [7, 11) is 1.92. The van der Waals surface area contributed by atoms with Crippen LogP contribution in [-0.2, 0) is 13.5 Å². The summed E-state index contributed by atoms with van der Waals surface area (Å²) in [5.74, 6) is 5.65. The van der Waals surface area contributed by atoms with Gasteiger partial charge in [0.1, 0.15) is 0 Å². The number of benzene rings is 1. The summed E-state index contributed by atoms with van der Waals surface area (Å²) in [6.45, 7) is 2.10. The second kappa shape index (κ2) is 5.12. The van der Waals surface area contributed by atoms with Gasteiger partial charge in [0.15, 0.2) is 0 Å². The molecule has 17 heavy (non-hydrogen) atoms. The molecule has 1 aromatic heterocycles. The Morgan fingerprint density at radius 2 is 2.18 bits per heavy atom. The lowest BCUT2D eigenvalue weighted by Crippen LogP contribution is -2.30. The van der Waals surface area contributed by atoms with E-state index in [9.17, 15) is 0 Å². The highest BCUT2D eigenvalue weighted by Gasteiger charge is 2.13. The Balaban J connectivity index is 2.20. The summed E-state index contributed by atoms with van der Waals surface area (Å²) < 4.78 is 1.81.